The van der Waals surface area contributed by atoms with Crippen LogP contribution in [-0.4, -0.2) is 49.9 Å². The van der Waals surface area contributed by atoms with E-state index in [0.29, 0.717) is 0 Å². The van der Waals surface area contributed by atoms with E-state index in [4.69, 9.17) is 9.47 Å². The Bertz CT molecular complexity index is 841. The van der Waals surface area contributed by atoms with Crippen molar-refractivity contribution in [2.24, 2.45) is 5.41 Å². The molecule has 1 aromatic carbocycles. The highest BCUT2D eigenvalue weighted by molar-refractivity contribution is 7.86. The molecule has 0 fully saturated rings. The fourth-order valence-electron chi connectivity index (χ4n) is 2.17. The minimum Gasteiger partial charge on any atom is -0.452 e. The maximum Gasteiger partial charge on any atom is 0.335 e. The summed E-state index contributed by atoms with van der Waals surface area (Å²) in [5, 5.41) is 2.32. The van der Waals surface area contributed by atoms with Crippen LogP contribution in [0, 0.1) is 5.41 Å². The van der Waals surface area contributed by atoms with Gasteiger partial charge in [0, 0.05) is 12.5 Å². The van der Waals surface area contributed by atoms with Crippen molar-refractivity contribution in [2.45, 2.75) is 51.2 Å². The molecule has 0 aliphatic carbocycles. The summed E-state index contributed by atoms with van der Waals surface area (Å²) in [4.78, 5) is 36.5. The summed E-state index contributed by atoms with van der Waals surface area (Å²) < 4.78 is 42.1. The quantitative estimate of drug-likeness (QED) is 0.485. The summed E-state index contributed by atoms with van der Waals surface area (Å²) in [6.07, 6.45) is -2.85. The maximum absolute atomic E-state index is 12.6. The lowest BCUT2D eigenvalue weighted by Crippen LogP contribution is -2.40. The minimum atomic E-state index is -4.56. The normalized spacial score (nSPS) is 14.1. The molecule has 0 heterocycles. The summed E-state index contributed by atoms with van der Waals surface area (Å²) >= 11 is 0. The van der Waals surface area contributed by atoms with Gasteiger partial charge >= 0.3 is 5.97 Å². The van der Waals surface area contributed by atoms with Crippen LogP contribution in [0.15, 0.2) is 29.2 Å². The van der Waals surface area contributed by atoms with Crippen molar-refractivity contribution in [3.63, 3.8) is 0 Å². The summed E-state index contributed by atoms with van der Waals surface area (Å²) in [5.41, 5.74) is -1.05. The van der Waals surface area contributed by atoms with Crippen LogP contribution in [0.25, 0.3) is 0 Å². The van der Waals surface area contributed by atoms with Gasteiger partial charge in [-0.15, -0.1) is 0 Å². The fourth-order valence-corrected chi connectivity index (χ4v) is 2.82. The van der Waals surface area contributed by atoms with Crippen LogP contribution in [0.4, 0.5) is 5.69 Å². The number of ketones is 1. The molecule has 1 amide bonds. The zero-order chi connectivity index (χ0) is 21.7. The number of amides is 1. The van der Waals surface area contributed by atoms with Gasteiger partial charge in [0.2, 0.25) is 5.91 Å². The van der Waals surface area contributed by atoms with Gasteiger partial charge in [-0.25, -0.2) is 4.79 Å². The standard InChI is InChI=1S/C18H25NO8S/c1-11(26-5)17(22)27-13(16(21)18(2,3)4)10-15(20)19-12-8-6-7-9-14(12)28(23,24)25/h6-9,11,13H,10H2,1-5H3,(H,19,20)(H,23,24,25). The number of esters is 1. The minimum absolute atomic E-state index is 0.159. The zero-order valence-electron chi connectivity index (χ0n) is 16.4. The highest BCUT2D eigenvalue weighted by Crippen LogP contribution is 2.23. The van der Waals surface area contributed by atoms with E-state index < -0.39 is 56.7 Å². The van der Waals surface area contributed by atoms with Crippen LogP contribution >= 0.6 is 0 Å². The Morgan fingerprint density at radius 1 is 1.18 bits per heavy atom. The van der Waals surface area contributed by atoms with Crippen LogP contribution < -0.4 is 5.32 Å². The largest absolute Gasteiger partial charge is 0.452 e. The predicted octanol–water partition coefficient (Wildman–Crippen LogP) is 1.82. The summed E-state index contributed by atoms with van der Waals surface area (Å²) in [6.45, 7) is 6.27. The van der Waals surface area contributed by atoms with Gasteiger partial charge in [0.15, 0.2) is 18.0 Å². The van der Waals surface area contributed by atoms with E-state index in [1.165, 1.54) is 32.2 Å². The van der Waals surface area contributed by atoms with E-state index >= 15 is 0 Å². The average Bonchev–Trinajstić information content (AvgIpc) is 2.58. The van der Waals surface area contributed by atoms with Gasteiger partial charge in [-0.3, -0.25) is 14.1 Å². The van der Waals surface area contributed by atoms with Gasteiger partial charge < -0.3 is 14.8 Å². The number of Topliss-reactive ketones (excluding diaryl/α,β-unsaturated/α-hetero) is 1. The SMILES string of the molecule is COC(C)C(=O)OC(CC(=O)Nc1ccccc1S(=O)(=O)O)C(=O)C(C)(C)C. The van der Waals surface area contributed by atoms with Crippen molar-refractivity contribution >= 4 is 33.5 Å². The lowest BCUT2D eigenvalue weighted by Gasteiger charge is -2.25. The van der Waals surface area contributed by atoms with E-state index in [1.807, 2.05) is 0 Å². The van der Waals surface area contributed by atoms with E-state index in [0.717, 1.165) is 6.07 Å². The number of anilines is 1. The van der Waals surface area contributed by atoms with Crippen molar-refractivity contribution in [1.82, 2.24) is 0 Å². The molecule has 9 nitrogen and oxygen atoms in total. The molecule has 1 aromatic rings. The Morgan fingerprint density at radius 2 is 1.75 bits per heavy atom. The topological polar surface area (TPSA) is 136 Å². The molecule has 0 saturated heterocycles. The number of carbonyl (C=O) groups excluding carboxylic acids is 3. The van der Waals surface area contributed by atoms with Crippen LogP contribution in [0.2, 0.25) is 0 Å². The zero-order valence-corrected chi connectivity index (χ0v) is 17.2. The second-order valence-electron chi connectivity index (χ2n) is 7.14. The third-order valence-electron chi connectivity index (χ3n) is 3.79. The molecule has 28 heavy (non-hydrogen) atoms. The monoisotopic (exact) mass is 415 g/mol. The molecule has 0 radical (unpaired) electrons. The molecule has 0 saturated carbocycles. The van der Waals surface area contributed by atoms with Gasteiger partial charge in [-0.1, -0.05) is 32.9 Å². The Kier molecular flexibility index (Phi) is 7.85. The first kappa shape index (κ1) is 23.7. The Balaban J connectivity index is 3.05. The van der Waals surface area contributed by atoms with Crippen molar-refractivity contribution < 1.29 is 36.8 Å². The van der Waals surface area contributed by atoms with Crippen molar-refractivity contribution in [3.8, 4) is 0 Å². The maximum atomic E-state index is 12.6. The number of carbonyl (C=O) groups is 3. The number of para-hydroxylation sites is 1. The molecule has 2 atom stereocenters. The Labute approximate surface area is 164 Å². The first-order valence-corrected chi connectivity index (χ1v) is 9.85. The second-order valence-corrected chi connectivity index (χ2v) is 8.53. The smallest absolute Gasteiger partial charge is 0.335 e. The second kappa shape index (κ2) is 9.26. The van der Waals surface area contributed by atoms with Crippen LogP contribution in [0.3, 0.4) is 0 Å². The number of benzene rings is 1. The first-order valence-electron chi connectivity index (χ1n) is 8.41. The van der Waals surface area contributed by atoms with Gasteiger partial charge in [0.05, 0.1) is 12.1 Å². The number of rotatable bonds is 8. The highest BCUT2D eigenvalue weighted by Gasteiger charge is 2.35. The number of hydrogen-bond acceptors (Lipinski definition) is 7. The van der Waals surface area contributed by atoms with Gasteiger partial charge in [0.25, 0.3) is 10.1 Å². The number of nitrogens with one attached hydrogen (secondary N) is 1. The lowest BCUT2D eigenvalue weighted by molar-refractivity contribution is -0.166. The van der Waals surface area contributed by atoms with E-state index in [9.17, 15) is 27.4 Å². The molecule has 0 aliphatic heterocycles. The number of ether oxygens (including phenoxy) is 2. The summed E-state index contributed by atoms with van der Waals surface area (Å²) in [7, 11) is -3.27. The predicted molar refractivity (Wildman–Crippen MR) is 100 cm³/mol. The summed E-state index contributed by atoms with van der Waals surface area (Å²) in [6, 6.07) is 5.23. The third kappa shape index (κ3) is 6.70. The molecule has 10 heteroatoms. The van der Waals surface area contributed by atoms with Crippen molar-refractivity contribution in [2.75, 3.05) is 12.4 Å². The molecule has 2 unspecified atom stereocenters. The number of hydrogen-bond donors (Lipinski definition) is 2. The van der Waals surface area contributed by atoms with Crippen LogP contribution in [0.1, 0.15) is 34.1 Å². The molecule has 0 aromatic heterocycles. The number of methoxy groups -OCH3 is 1. The van der Waals surface area contributed by atoms with Gasteiger partial charge in [-0.05, 0) is 19.1 Å². The molecule has 0 bridgehead atoms. The van der Waals surface area contributed by atoms with Crippen LogP contribution in [0.5, 0.6) is 0 Å². The molecule has 2 N–H and O–H groups in total. The Morgan fingerprint density at radius 3 is 2.25 bits per heavy atom. The fraction of sp³-hybridized carbons (Fsp3) is 0.500. The average molecular weight is 415 g/mol. The molecular weight excluding hydrogens is 390 g/mol. The van der Waals surface area contributed by atoms with Crippen LogP contribution in [-0.2, 0) is 34.0 Å². The summed E-state index contributed by atoms with van der Waals surface area (Å²) in [5.74, 6) is -2.06. The van der Waals surface area contributed by atoms with Gasteiger partial charge in [-0.2, -0.15) is 8.42 Å². The molecule has 1 rings (SSSR count). The Hall–Kier alpha value is -2.30. The van der Waals surface area contributed by atoms with E-state index in [1.54, 1.807) is 20.8 Å². The van der Waals surface area contributed by atoms with E-state index in [-0.39, 0.29) is 5.69 Å². The molecule has 156 valence electrons. The molecule has 0 aliphatic rings. The lowest BCUT2D eigenvalue weighted by atomic mass is 9.86. The van der Waals surface area contributed by atoms with Crippen molar-refractivity contribution in [3.05, 3.63) is 24.3 Å². The molecule has 0 spiro atoms. The highest BCUT2D eigenvalue weighted by atomic mass is 32.2. The first-order chi connectivity index (χ1) is 12.8. The van der Waals surface area contributed by atoms with Crippen molar-refractivity contribution in [1.29, 1.82) is 0 Å². The van der Waals surface area contributed by atoms with E-state index in [2.05, 4.69) is 5.32 Å². The molecular formula is C18H25NO8S. The third-order valence-corrected chi connectivity index (χ3v) is 4.70. The van der Waals surface area contributed by atoms with Gasteiger partial charge in [0.1, 0.15) is 4.90 Å².